The number of hydrogen-bond acceptors (Lipinski definition) is 4. The molecule has 3 aromatic rings. The Hall–Kier alpha value is -2.29. The third kappa shape index (κ3) is 3.87. The molecule has 2 heterocycles. The van der Waals surface area contributed by atoms with E-state index in [1.807, 2.05) is 55.5 Å². The minimum atomic E-state index is -0.166. The zero-order chi connectivity index (χ0) is 18.1. The van der Waals surface area contributed by atoms with Crippen LogP contribution in [0.3, 0.4) is 0 Å². The van der Waals surface area contributed by atoms with Crippen molar-refractivity contribution in [3.05, 3.63) is 66.8 Å². The average molecular weight is 450 g/mol. The van der Waals surface area contributed by atoms with Crippen molar-refractivity contribution in [2.75, 3.05) is 5.73 Å². The Bertz CT molecular complexity index is 971. The highest BCUT2D eigenvalue weighted by Crippen LogP contribution is 2.31. The largest absolute Gasteiger partial charge is 0.456 e. The van der Waals surface area contributed by atoms with Crippen molar-refractivity contribution in [1.29, 1.82) is 0 Å². The lowest BCUT2D eigenvalue weighted by Gasteiger charge is -2.16. The van der Waals surface area contributed by atoms with Gasteiger partial charge in [0.15, 0.2) is 5.75 Å². The van der Waals surface area contributed by atoms with E-state index in [1.54, 1.807) is 16.9 Å². The van der Waals surface area contributed by atoms with E-state index in [0.29, 0.717) is 27.4 Å². The van der Waals surface area contributed by atoms with Crippen molar-refractivity contribution < 1.29 is 4.74 Å². The van der Waals surface area contributed by atoms with Crippen molar-refractivity contribution >= 4 is 28.4 Å². The van der Waals surface area contributed by atoms with Crippen LogP contribution in [0.2, 0.25) is 0 Å². The van der Waals surface area contributed by atoms with Crippen LogP contribution in [0.4, 0.5) is 5.82 Å². The molecule has 0 aliphatic heterocycles. The van der Waals surface area contributed by atoms with E-state index < -0.39 is 0 Å². The van der Waals surface area contributed by atoms with Gasteiger partial charge in [-0.25, -0.2) is 0 Å². The van der Waals surface area contributed by atoms with Gasteiger partial charge in [0.25, 0.3) is 5.56 Å². The number of nitrogens with zero attached hydrogens (tertiary/aromatic N) is 2. The summed E-state index contributed by atoms with van der Waals surface area (Å²) in [7, 11) is 0. The number of halogens is 1. The number of pyridine rings is 1. The van der Waals surface area contributed by atoms with E-state index in [2.05, 4.69) is 16.1 Å². The van der Waals surface area contributed by atoms with Gasteiger partial charge in [-0.2, -0.15) is 5.10 Å². The normalized spacial score (nSPS) is 10.9. The second-order valence-corrected chi connectivity index (χ2v) is 7.14. The third-order valence-corrected chi connectivity index (χ3v) is 4.80. The van der Waals surface area contributed by atoms with Gasteiger partial charge in [-0.05, 0) is 72.7 Å². The van der Waals surface area contributed by atoms with E-state index >= 15 is 0 Å². The molecular formula is C18H19IN4O2. The fraction of sp³-hybridized carbons (Fsp3) is 0.222. The molecule has 0 atom stereocenters. The number of nitrogen functional groups attached to an aromatic ring is 1. The molecule has 3 N–H and O–H groups in total. The number of ether oxygens (including phenoxy) is 1. The summed E-state index contributed by atoms with van der Waals surface area (Å²) >= 11 is 2.02. The van der Waals surface area contributed by atoms with Crippen LogP contribution in [0.25, 0.3) is 0 Å². The summed E-state index contributed by atoms with van der Waals surface area (Å²) in [5, 5.41) is 4.22. The predicted octanol–water partition coefficient (Wildman–Crippen LogP) is 3.52. The maximum atomic E-state index is 12.2. The molecule has 25 heavy (non-hydrogen) atoms. The molecule has 1 aromatic carbocycles. The lowest BCUT2D eigenvalue weighted by atomic mass is 10.1. The highest BCUT2D eigenvalue weighted by molar-refractivity contribution is 14.1. The van der Waals surface area contributed by atoms with Gasteiger partial charge in [0.2, 0.25) is 0 Å². The lowest BCUT2D eigenvalue weighted by Crippen LogP contribution is -2.17. The maximum Gasteiger partial charge on any atom is 0.265 e. The molecule has 7 heteroatoms. The SMILES string of the molecule is Cc1cc(C)cc(Oc2c(Cn3ccc(N)n3)c(C)[nH]c(=O)c2I)c1. The number of H-pyrrole nitrogens is 1. The van der Waals surface area contributed by atoms with Gasteiger partial charge in [0.1, 0.15) is 15.1 Å². The van der Waals surface area contributed by atoms with Gasteiger partial charge >= 0.3 is 0 Å². The summed E-state index contributed by atoms with van der Waals surface area (Å²) in [4.78, 5) is 15.1. The van der Waals surface area contributed by atoms with Crippen LogP contribution < -0.4 is 16.0 Å². The highest BCUT2D eigenvalue weighted by atomic mass is 127. The minimum absolute atomic E-state index is 0.166. The monoisotopic (exact) mass is 450 g/mol. The van der Waals surface area contributed by atoms with E-state index in [9.17, 15) is 4.79 Å². The first-order valence-electron chi connectivity index (χ1n) is 7.80. The standard InChI is InChI=1S/C18H19IN4O2/c1-10-6-11(2)8-13(7-10)25-17-14(9-23-5-4-15(20)22-23)12(3)21-18(24)16(17)19/h4-8H,9H2,1-3H3,(H2,20,22)(H,21,24). The molecule has 0 aliphatic rings. The molecule has 0 aliphatic carbocycles. The number of benzene rings is 1. The van der Waals surface area contributed by atoms with Crippen molar-refractivity contribution in [1.82, 2.24) is 14.8 Å². The fourth-order valence-corrected chi connectivity index (χ4v) is 3.31. The summed E-state index contributed by atoms with van der Waals surface area (Å²) in [5.74, 6) is 1.72. The molecule has 0 fully saturated rings. The number of aryl methyl sites for hydroxylation is 3. The van der Waals surface area contributed by atoms with E-state index in [4.69, 9.17) is 10.5 Å². The smallest absolute Gasteiger partial charge is 0.265 e. The first-order valence-corrected chi connectivity index (χ1v) is 8.87. The average Bonchev–Trinajstić information content (AvgIpc) is 2.92. The summed E-state index contributed by atoms with van der Waals surface area (Å²) in [6.07, 6.45) is 1.80. The Morgan fingerprint density at radius 1 is 1.24 bits per heavy atom. The second-order valence-electron chi connectivity index (χ2n) is 6.06. The number of nitrogens with one attached hydrogen (secondary N) is 1. The predicted molar refractivity (Wildman–Crippen MR) is 106 cm³/mol. The highest BCUT2D eigenvalue weighted by Gasteiger charge is 2.17. The van der Waals surface area contributed by atoms with Crippen molar-refractivity contribution in [3.8, 4) is 11.5 Å². The van der Waals surface area contributed by atoms with Crippen molar-refractivity contribution in [2.24, 2.45) is 0 Å². The van der Waals surface area contributed by atoms with Gasteiger partial charge < -0.3 is 15.5 Å². The number of hydrogen-bond donors (Lipinski definition) is 2. The molecule has 0 unspecified atom stereocenters. The second kappa shape index (κ2) is 6.91. The molecule has 2 aromatic heterocycles. The molecule has 0 radical (unpaired) electrons. The molecule has 0 saturated heterocycles. The van der Waals surface area contributed by atoms with E-state index in [1.165, 1.54) is 0 Å². The molecule has 6 nitrogen and oxygen atoms in total. The zero-order valence-corrected chi connectivity index (χ0v) is 16.4. The molecule has 0 bridgehead atoms. The van der Waals surface area contributed by atoms with Crippen molar-refractivity contribution in [2.45, 2.75) is 27.3 Å². The molecular weight excluding hydrogens is 431 g/mol. The minimum Gasteiger partial charge on any atom is -0.456 e. The van der Waals surface area contributed by atoms with Crippen LogP contribution in [0, 0.1) is 24.3 Å². The molecule has 0 spiro atoms. The van der Waals surface area contributed by atoms with Crippen LogP contribution in [-0.2, 0) is 6.54 Å². The van der Waals surface area contributed by atoms with Crippen molar-refractivity contribution in [3.63, 3.8) is 0 Å². The molecule has 3 rings (SSSR count). The van der Waals surface area contributed by atoms with Crippen LogP contribution in [0.15, 0.2) is 35.3 Å². The summed E-state index contributed by atoms with van der Waals surface area (Å²) < 4.78 is 8.38. The van der Waals surface area contributed by atoms with E-state index in [-0.39, 0.29) is 5.56 Å². The van der Waals surface area contributed by atoms with Gasteiger partial charge in [0, 0.05) is 17.5 Å². The van der Waals surface area contributed by atoms with Crippen LogP contribution in [-0.4, -0.2) is 14.8 Å². The summed E-state index contributed by atoms with van der Waals surface area (Å²) in [5.41, 5.74) is 9.36. The number of aromatic nitrogens is 3. The molecule has 0 amide bonds. The Morgan fingerprint density at radius 2 is 1.92 bits per heavy atom. The number of nitrogens with two attached hydrogens (primary N) is 1. The number of rotatable bonds is 4. The Morgan fingerprint density at radius 3 is 2.52 bits per heavy atom. The fourth-order valence-electron chi connectivity index (χ4n) is 2.74. The Kier molecular flexibility index (Phi) is 4.85. The number of anilines is 1. The molecule has 130 valence electrons. The Balaban J connectivity index is 2.08. The third-order valence-electron chi connectivity index (χ3n) is 3.82. The topological polar surface area (TPSA) is 85.9 Å². The van der Waals surface area contributed by atoms with Gasteiger partial charge in [-0.3, -0.25) is 9.48 Å². The lowest BCUT2D eigenvalue weighted by molar-refractivity contribution is 0.464. The van der Waals surface area contributed by atoms with Crippen LogP contribution in [0.5, 0.6) is 11.5 Å². The molecule has 0 saturated carbocycles. The van der Waals surface area contributed by atoms with Gasteiger partial charge in [-0.1, -0.05) is 6.07 Å². The van der Waals surface area contributed by atoms with Gasteiger partial charge in [0.05, 0.1) is 6.54 Å². The van der Waals surface area contributed by atoms with Gasteiger partial charge in [-0.15, -0.1) is 0 Å². The summed E-state index contributed by atoms with van der Waals surface area (Å²) in [6, 6.07) is 7.72. The Labute approximate surface area is 159 Å². The number of aromatic amines is 1. The summed E-state index contributed by atoms with van der Waals surface area (Å²) in [6.45, 7) is 6.34. The first kappa shape index (κ1) is 17.5. The van der Waals surface area contributed by atoms with E-state index in [0.717, 1.165) is 22.4 Å². The van der Waals surface area contributed by atoms with Crippen LogP contribution in [0.1, 0.15) is 22.4 Å². The van der Waals surface area contributed by atoms with Crippen LogP contribution >= 0.6 is 22.6 Å². The first-order chi connectivity index (χ1) is 11.8. The quantitative estimate of drug-likeness (QED) is 0.596. The maximum absolute atomic E-state index is 12.2. The zero-order valence-electron chi connectivity index (χ0n) is 14.3.